The number of nitro groups is 1. The van der Waals surface area contributed by atoms with Gasteiger partial charge in [-0.1, -0.05) is 0 Å². The van der Waals surface area contributed by atoms with E-state index in [1.807, 2.05) is 0 Å². The number of aromatic amines is 1. The second-order valence-corrected chi connectivity index (χ2v) is 5.42. The van der Waals surface area contributed by atoms with Crippen LogP contribution in [0.25, 0.3) is 10.9 Å². The van der Waals surface area contributed by atoms with Crippen molar-refractivity contribution in [2.24, 2.45) is 0 Å². The molecule has 0 atom stereocenters. The third-order valence-electron chi connectivity index (χ3n) is 3.77. The first-order valence-corrected chi connectivity index (χ1v) is 6.43. The molecular formula is C14H15N3O5. The maximum Gasteiger partial charge on any atom is 0.329 e. The van der Waals surface area contributed by atoms with Crippen LogP contribution >= 0.6 is 0 Å². The smallest absolute Gasteiger partial charge is 0.329 e. The predicted octanol–water partition coefficient (Wildman–Crippen LogP) is 2.01. The summed E-state index contributed by atoms with van der Waals surface area (Å²) in [5, 5.41) is 20.4. The number of carbonyl (C=O) groups is 2. The van der Waals surface area contributed by atoms with Crippen molar-refractivity contribution in [3.05, 3.63) is 40.1 Å². The molecule has 0 spiro atoms. The zero-order valence-corrected chi connectivity index (χ0v) is 12.3. The monoisotopic (exact) mass is 305 g/mol. The van der Waals surface area contributed by atoms with Crippen molar-refractivity contribution in [1.29, 1.82) is 0 Å². The van der Waals surface area contributed by atoms with Crippen LogP contribution in [0.15, 0.2) is 24.4 Å². The van der Waals surface area contributed by atoms with Gasteiger partial charge in [-0.05, 0) is 19.9 Å². The number of non-ortho nitro benzene ring substituents is 1. The number of nitro benzene ring substituents is 1. The van der Waals surface area contributed by atoms with Crippen LogP contribution in [0.4, 0.5) is 5.69 Å². The molecule has 0 unspecified atom stereocenters. The summed E-state index contributed by atoms with van der Waals surface area (Å²) in [6, 6.07) is 4.13. The minimum atomic E-state index is -1.40. The van der Waals surface area contributed by atoms with Gasteiger partial charge in [0.2, 0.25) is 0 Å². The number of hydrogen-bond acceptors (Lipinski definition) is 4. The average molecular weight is 305 g/mol. The maximum atomic E-state index is 12.5. The van der Waals surface area contributed by atoms with E-state index in [1.54, 1.807) is 0 Å². The molecule has 8 nitrogen and oxygen atoms in total. The molecule has 22 heavy (non-hydrogen) atoms. The third kappa shape index (κ3) is 2.39. The Balaban J connectivity index is 2.50. The second kappa shape index (κ2) is 5.14. The molecule has 2 aromatic rings. The van der Waals surface area contributed by atoms with E-state index in [2.05, 4.69) is 4.98 Å². The van der Waals surface area contributed by atoms with E-state index >= 15 is 0 Å². The summed E-state index contributed by atoms with van der Waals surface area (Å²) in [4.78, 5) is 38.0. The molecule has 0 saturated heterocycles. The van der Waals surface area contributed by atoms with Gasteiger partial charge in [0.15, 0.2) is 0 Å². The number of rotatable bonds is 4. The number of carbonyl (C=O) groups excluding carboxylic acids is 1. The summed E-state index contributed by atoms with van der Waals surface area (Å²) in [5.74, 6) is -1.67. The highest BCUT2D eigenvalue weighted by molar-refractivity contribution is 6.08. The van der Waals surface area contributed by atoms with Crippen molar-refractivity contribution in [3.8, 4) is 0 Å². The molecule has 1 aromatic heterocycles. The number of H-pyrrole nitrogens is 1. The molecule has 0 aliphatic heterocycles. The number of hydrogen-bond donors (Lipinski definition) is 2. The molecule has 0 saturated carbocycles. The fourth-order valence-corrected chi connectivity index (χ4v) is 1.98. The van der Waals surface area contributed by atoms with Crippen LogP contribution in [0.3, 0.4) is 0 Å². The van der Waals surface area contributed by atoms with Crippen molar-refractivity contribution in [1.82, 2.24) is 9.88 Å². The summed E-state index contributed by atoms with van der Waals surface area (Å²) in [7, 11) is 1.38. The predicted molar refractivity (Wildman–Crippen MR) is 78.8 cm³/mol. The Morgan fingerprint density at radius 2 is 2.00 bits per heavy atom. The van der Waals surface area contributed by atoms with Crippen molar-refractivity contribution in [3.63, 3.8) is 0 Å². The number of aliphatic carboxylic acids is 1. The van der Waals surface area contributed by atoms with Crippen LogP contribution in [0.1, 0.15) is 24.2 Å². The van der Waals surface area contributed by atoms with Gasteiger partial charge in [0, 0.05) is 36.3 Å². The number of carboxylic acid groups (broad SMARTS) is 1. The van der Waals surface area contributed by atoms with Crippen LogP contribution in [0, 0.1) is 10.1 Å². The van der Waals surface area contributed by atoms with E-state index in [0.29, 0.717) is 10.9 Å². The summed E-state index contributed by atoms with van der Waals surface area (Å²) in [6.45, 7) is 2.81. The second-order valence-electron chi connectivity index (χ2n) is 5.42. The van der Waals surface area contributed by atoms with Gasteiger partial charge in [-0.25, -0.2) is 4.79 Å². The van der Waals surface area contributed by atoms with Crippen LogP contribution in [-0.4, -0.2) is 44.4 Å². The van der Waals surface area contributed by atoms with E-state index in [0.717, 1.165) is 4.90 Å². The molecule has 8 heteroatoms. The fraction of sp³-hybridized carbons (Fsp3) is 0.286. The number of nitrogens with zero attached hydrogens (tertiary/aromatic N) is 2. The van der Waals surface area contributed by atoms with Crippen molar-refractivity contribution < 1.29 is 19.6 Å². The Morgan fingerprint density at radius 1 is 1.36 bits per heavy atom. The van der Waals surface area contributed by atoms with Crippen LogP contribution in [-0.2, 0) is 4.79 Å². The molecule has 0 bridgehead atoms. The lowest BCUT2D eigenvalue weighted by molar-refractivity contribution is -0.384. The first-order chi connectivity index (χ1) is 10.2. The molecule has 0 aliphatic carbocycles. The van der Waals surface area contributed by atoms with Crippen LogP contribution in [0.2, 0.25) is 0 Å². The number of benzene rings is 1. The molecule has 1 aromatic carbocycles. The lowest BCUT2D eigenvalue weighted by Gasteiger charge is -2.31. The number of carboxylic acids is 1. The SMILES string of the molecule is CN(C(=O)c1c[nH]c2ccc([N+](=O)[O-])cc12)C(C)(C)C(=O)O. The summed E-state index contributed by atoms with van der Waals surface area (Å²) in [5.41, 5.74) is -0.784. The van der Waals surface area contributed by atoms with Crippen molar-refractivity contribution >= 4 is 28.5 Å². The zero-order chi connectivity index (χ0) is 16.7. The average Bonchev–Trinajstić information content (AvgIpc) is 2.88. The normalized spacial score (nSPS) is 11.4. The summed E-state index contributed by atoms with van der Waals surface area (Å²) < 4.78 is 0. The minimum absolute atomic E-state index is 0.138. The quantitative estimate of drug-likeness (QED) is 0.662. The van der Waals surface area contributed by atoms with E-state index in [9.17, 15) is 24.8 Å². The molecule has 0 aliphatic rings. The van der Waals surface area contributed by atoms with Gasteiger partial charge in [-0.3, -0.25) is 14.9 Å². The van der Waals surface area contributed by atoms with Gasteiger partial charge in [-0.15, -0.1) is 0 Å². The highest BCUT2D eigenvalue weighted by atomic mass is 16.6. The third-order valence-corrected chi connectivity index (χ3v) is 3.77. The Hall–Kier alpha value is -2.90. The number of amides is 1. The van der Waals surface area contributed by atoms with E-state index in [1.165, 1.54) is 45.3 Å². The summed E-state index contributed by atoms with van der Waals surface area (Å²) >= 11 is 0. The molecule has 1 amide bonds. The molecule has 0 radical (unpaired) electrons. The van der Waals surface area contributed by atoms with Gasteiger partial charge in [0.05, 0.1) is 10.5 Å². The van der Waals surface area contributed by atoms with E-state index in [4.69, 9.17) is 0 Å². The zero-order valence-electron chi connectivity index (χ0n) is 12.3. The Labute approximate surface area is 125 Å². The molecule has 2 N–H and O–H groups in total. The van der Waals surface area contributed by atoms with Gasteiger partial charge >= 0.3 is 5.97 Å². The summed E-state index contributed by atoms with van der Waals surface area (Å²) in [6.07, 6.45) is 1.42. The molecule has 116 valence electrons. The highest BCUT2D eigenvalue weighted by Crippen LogP contribution is 2.26. The Bertz CT molecular complexity index is 778. The topological polar surface area (TPSA) is 117 Å². The van der Waals surface area contributed by atoms with Crippen molar-refractivity contribution in [2.45, 2.75) is 19.4 Å². The molecule has 0 fully saturated rings. The van der Waals surface area contributed by atoms with Crippen LogP contribution in [0.5, 0.6) is 0 Å². The molecular weight excluding hydrogens is 290 g/mol. The number of likely N-dealkylation sites (N-methyl/N-ethyl adjacent to an activating group) is 1. The minimum Gasteiger partial charge on any atom is -0.480 e. The van der Waals surface area contributed by atoms with E-state index in [-0.39, 0.29) is 11.3 Å². The first kappa shape index (κ1) is 15.5. The Morgan fingerprint density at radius 3 is 2.55 bits per heavy atom. The van der Waals surface area contributed by atoms with Gasteiger partial charge in [0.1, 0.15) is 5.54 Å². The number of aromatic nitrogens is 1. The van der Waals surface area contributed by atoms with Crippen molar-refractivity contribution in [2.75, 3.05) is 7.05 Å². The largest absolute Gasteiger partial charge is 0.480 e. The standard InChI is InChI=1S/C14H15N3O5/c1-14(2,13(19)20)16(3)12(18)10-7-15-11-5-4-8(17(21)22)6-9(10)11/h4-7,15H,1-3H3,(H,19,20). The van der Waals surface area contributed by atoms with Gasteiger partial charge in [0.25, 0.3) is 11.6 Å². The molecule has 2 rings (SSSR count). The highest BCUT2D eigenvalue weighted by Gasteiger charge is 2.36. The number of nitrogens with one attached hydrogen (secondary N) is 1. The van der Waals surface area contributed by atoms with Crippen LogP contribution < -0.4 is 0 Å². The number of fused-ring (bicyclic) bond motifs is 1. The lowest BCUT2D eigenvalue weighted by Crippen LogP contribution is -2.50. The first-order valence-electron chi connectivity index (χ1n) is 6.43. The fourth-order valence-electron chi connectivity index (χ4n) is 1.98. The van der Waals surface area contributed by atoms with E-state index < -0.39 is 22.3 Å². The Kier molecular flexibility index (Phi) is 3.62. The van der Waals surface area contributed by atoms with Gasteiger partial charge in [-0.2, -0.15) is 0 Å². The molecule has 1 heterocycles. The lowest BCUT2D eigenvalue weighted by atomic mass is 10.0. The maximum absolute atomic E-state index is 12.5. The van der Waals surface area contributed by atoms with Gasteiger partial charge < -0.3 is 15.0 Å².